The van der Waals surface area contributed by atoms with Crippen LogP contribution in [-0.2, 0) is 4.79 Å². The molecule has 2 N–H and O–H groups in total. The number of carboxylic acids is 1. The SMILES string of the molecule is Cc1ccc(-c2cc(NCC(=O)C(C)(C)C)cc(C(=O)O)c2)cc1. The standard InChI is InChI=1S/C20H23NO3/c1-13-5-7-14(8-6-13)15-9-16(19(23)24)11-17(10-15)21-12-18(22)20(2,3)4/h5-11,21H,12H2,1-4H3,(H,23,24). The van der Waals surface area contributed by atoms with Crippen LogP contribution < -0.4 is 5.32 Å². The van der Waals surface area contributed by atoms with Crippen LogP contribution in [0.15, 0.2) is 42.5 Å². The molecule has 0 heterocycles. The van der Waals surface area contributed by atoms with Crippen LogP contribution in [0.3, 0.4) is 0 Å². The predicted octanol–water partition coefficient (Wildman–Crippen LogP) is 4.39. The van der Waals surface area contributed by atoms with Crippen molar-refractivity contribution in [2.45, 2.75) is 27.7 Å². The third kappa shape index (κ3) is 4.44. The molecule has 0 saturated carbocycles. The first-order valence-electron chi connectivity index (χ1n) is 7.89. The number of nitrogens with one attached hydrogen (secondary N) is 1. The summed E-state index contributed by atoms with van der Waals surface area (Å²) in [6.45, 7) is 7.76. The van der Waals surface area contributed by atoms with Gasteiger partial charge in [0, 0.05) is 11.1 Å². The fourth-order valence-corrected chi connectivity index (χ4v) is 2.21. The second-order valence-corrected chi connectivity index (χ2v) is 7.00. The normalized spacial score (nSPS) is 11.2. The van der Waals surface area contributed by atoms with Gasteiger partial charge in [0.15, 0.2) is 5.78 Å². The van der Waals surface area contributed by atoms with Crippen LogP contribution in [0.5, 0.6) is 0 Å². The first kappa shape index (κ1) is 17.7. The third-order valence-corrected chi connectivity index (χ3v) is 3.85. The molecule has 0 spiro atoms. The number of ketones is 1. The van der Waals surface area contributed by atoms with Crippen molar-refractivity contribution < 1.29 is 14.7 Å². The van der Waals surface area contributed by atoms with Crippen molar-refractivity contribution in [1.82, 2.24) is 0 Å². The molecule has 126 valence electrons. The molecule has 4 heteroatoms. The number of carbonyl (C=O) groups is 2. The Morgan fingerprint density at radius 2 is 1.62 bits per heavy atom. The number of aryl methyl sites for hydroxylation is 1. The zero-order chi connectivity index (χ0) is 17.9. The maximum atomic E-state index is 12.1. The second kappa shape index (κ2) is 6.87. The molecule has 0 fully saturated rings. The molecule has 0 radical (unpaired) electrons. The van der Waals surface area contributed by atoms with Crippen molar-refractivity contribution >= 4 is 17.4 Å². The van der Waals surface area contributed by atoms with E-state index in [-0.39, 0.29) is 17.9 Å². The number of Topliss-reactive ketones (excluding diaryl/α,β-unsaturated/α-hetero) is 1. The lowest BCUT2D eigenvalue weighted by Gasteiger charge is -2.18. The molecular formula is C20H23NO3. The topological polar surface area (TPSA) is 66.4 Å². The highest BCUT2D eigenvalue weighted by atomic mass is 16.4. The van der Waals surface area contributed by atoms with E-state index in [4.69, 9.17) is 0 Å². The van der Waals surface area contributed by atoms with Crippen LogP contribution >= 0.6 is 0 Å². The maximum Gasteiger partial charge on any atom is 0.335 e. The van der Waals surface area contributed by atoms with Gasteiger partial charge in [-0.25, -0.2) is 4.79 Å². The molecule has 0 atom stereocenters. The molecule has 0 aromatic heterocycles. The second-order valence-electron chi connectivity index (χ2n) is 7.00. The largest absolute Gasteiger partial charge is 0.478 e. The van der Waals surface area contributed by atoms with Gasteiger partial charge in [0.2, 0.25) is 0 Å². The summed E-state index contributed by atoms with van der Waals surface area (Å²) in [7, 11) is 0. The molecule has 0 bridgehead atoms. The van der Waals surface area contributed by atoms with Crippen molar-refractivity contribution in [3.8, 4) is 11.1 Å². The molecule has 0 amide bonds. The van der Waals surface area contributed by atoms with Gasteiger partial charge in [-0.1, -0.05) is 50.6 Å². The van der Waals surface area contributed by atoms with Crippen molar-refractivity contribution in [3.63, 3.8) is 0 Å². The minimum absolute atomic E-state index is 0.0695. The van der Waals surface area contributed by atoms with Crippen LogP contribution in [0.4, 0.5) is 5.69 Å². The third-order valence-electron chi connectivity index (χ3n) is 3.85. The van der Waals surface area contributed by atoms with E-state index in [1.54, 1.807) is 12.1 Å². The average molecular weight is 325 g/mol. The van der Waals surface area contributed by atoms with Crippen molar-refractivity contribution in [3.05, 3.63) is 53.6 Å². The van der Waals surface area contributed by atoms with Gasteiger partial charge < -0.3 is 10.4 Å². The van der Waals surface area contributed by atoms with Crippen LogP contribution in [0.1, 0.15) is 36.7 Å². The molecule has 0 aliphatic rings. The minimum atomic E-state index is -0.992. The Hall–Kier alpha value is -2.62. The first-order chi connectivity index (χ1) is 11.2. The van der Waals surface area contributed by atoms with E-state index in [2.05, 4.69) is 5.32 Å². The smallest absolute Gasteiger partial charge is 0.335 e. The quantitative estimate of drug-likeness (QED) is 0.856. The highest BCUT2D eigenvalue weighted by Crippen LogP contribution is 2.26. The van der Waals surface area contributed by atoms with E-state index in [0.29, 0.717) is 5.69 Å². The number of rotatable bonds is 5. The Morgan fingerprint density at radius 1 is 1.00 bits per heavy atom. The lowest BCUT2D eigenvalue weighted by Crippen LogP contribution is -2.27. The van der Waals surface area contributed by atoms with E-state index in [9.17, 15) is 14.7 Å². The fraction of sp³-hybridized carbons (Fsp3) is 0.300. The van der Waals surface area contributed by atoms with E-state index in [0.717, 1.165) is 16.7 Å². The van der Waals surface area contributed by atoms with E-state index in [1.165, 1.54) is 0 Å². The number of benzene rings is 2. The van der Waals surface area contributed by atoms with Crippen molar-refractivity contribution in [2.75, 3.05) is 11.9 Å². The Bertz CT molecular complexity index is 755. The maximum absolute atomic E-state index is 12.1. The highest BCUT2D eigenvalue weighted by molar-refractivity contribution is 5.92. The fourth-order valence-electron chi connectivity index (χ4n) is 2.21. The monoisotopic (exact) mass is 325 g/mol. The Labute approximate surface area is 142 Å². The molecule has 2 rings (SSSR count). The number of anilines is 1. The van der Waals surface area contributed by atoms with Gasteiger partial charge in [0.1, 0.15) is 0 Å². The number of hydrogen-bond acceptors (Lipinski definition) is 3. The first-order valence-corrected chi connectivity index (χ1v) is 7.89. The number of carbonyl (C=O) groups excluding carboxylic acids is 1. The molecule has 0 unspecified atom stereocenters. The Balaban J connectivity index is 2.33. The summed E-state index contributed by atoms with van der Waals surface area (Å²) < 4.78 is 0. The summed E-state index contributed by atoms with van der Waals surface area (Å²) in [6, 6.07) is 12.9. The van der Waals surface area contributed by atoms with Gasteiger partial charge in [-0.2, -0.15) is 0 Å². The molecule has 2 aromatic carbocycles. The lowest BCUT2D eigenvalue weighted by molar-refractivity contribution is -0.124. The Kier molecular flexibility index (Phi) is 5.07. The van der Waals surface area contributed by atoms with Gasteiger partial charge in [0.05, 0.1) is 12.1 Å². The van der Waals surface area contributed by atoms with E-state index < -0.39 is 11.4 Å². The molecule has 24 heavy (non-hydrogen) atoms. The van der Waals surface area contributed by atoms with Crippen molar-refractivity contribution in [1.29, 1.82) is 0 Å². The summed E-state index contributed by atoms with van der Waals surface area (Å²) in [5, 5.41) is 12.4. The predicted molar refractivity (Wildman–Crippen MR) is 96.5 cm³/mol. The average Bonchev–Trinajstić information content (AvgIpc) is 2.52. The zero-order valence-corrected chi connectivity index (χ0v) is 14.5. The van der Waals surface area contributed by atoms with Gasteiger partial charge in [-0.15, -0.1) is 0 Å². The highest BCUT2D eigenvalue weighted by Gasteiger charge is 2.20. The van der Waals surface area contributed by atoms with Crippen LogP contribution in [0.2, 0.25) is 0 Å². The minimum Gasteiger partial charge on any atom is -0.478 e. The van der Waals surface area contributed by atoms with Gasteiger partial charge in [0.25, 0.3) is 0 Å². The number of hydrogen-bond donors (Lipinski definition) is 2. The lowest BCUT2D eigenvalue weighted by atomic mass is 9.91. The summed E-state index contributed by atoms with van der Waals surface area (Å²) >= 11 is 0. The molecule has 4 nitrogen and oxygen atoms in total. The van der Waals surface area contributed by atoms with Crippen LogP contribution in [-0.4, -0.2) is 23.4 Å². The van der Waals surface area contributed by atoms with E-state index in [1.807, 2.05) is 58.0 Å². The van der Waals surface area contributed by atoms with Gasteiger partial charge >= 0.3 is 5.97 Å². The summed E-state index contributed by atoms with van der Waals surface area (Å²) in [4.78, 5) is 23.5. The van der Waals surface area contributed by atoms with E-state index >= 15 is 0 Å². The van der Waals surface area contributed by atoms with Crippen LogP contribution in [0, 0.1) is 12.3 Å². The van der Waals surface area contributed by atoms with Gasteiger partial charge in [-0.05, 0) is 36.2 Å². The molecule has 0 aliphatic heterocycles. The Morgan fingerprint density at radius 3 is 2.17 bits per heavy atom. The summed E-state index contributed by atoms with van der Waals surface area (Å²) in [5.74, 6) is -0.922. The van der Waals surface area contributed by atoms with Gasteiger partial charge in [-0.3, -0.25) is 4.79 Å². The van der Waals surface area contributed by atoms with Crippen molar-refractivity contribution in [2.24, 2.45) is 5.41 Å². The zero-order valence-electron chi connectivity index (χ0n) is 14.5. The number of aromatic carboxylic acids is 1. The molecular weight excluding hydrogens is 302 g/mol. The van der Waals surface area contributed by atoms with Crippen LogP contribution in [0.25, 0.3) is 11.1 Å². The summed E-state index contributed by atoms with van der Waals surface area (Å²) in [5.41, 5.74) is 3.27. The summed E-state index contributed by atoms with van der Waals surface area (Å²) in [6.07, 6.45) is 0. The molecule has 2 aromatic rings. The number of carboxylic acid groups (broad SMARTS) is 1. The molecule has 0 saturated heterocycles. The molecule has 0 aliphatic carbocycles.